The summed E-state index contributed by atoms with van der Waals surface area (Å²) in [5.74, 6) is -0.213. The second-order valence-electron chi connectivity index (χ2n) is 5.92. The van der Waals surface area contributed by atoms with Gasteiger partial charge in [0.05, 0.1) is 17.4 Å². The van der Waals surface area contributed by atoms with Gasteiger partial charge >= 0.3 is 0 Å². The summed E-state index contributed by atoms with van der Waals surface area (Å²) in [6.07, 6.45) is 1.69. The predicted octanol–water partition coefficient (Wildman–Crippen LogP) is 2.87. The van der Waals surface area contributed by atoms with E-state index in [1.54, 1.807) is 6.33 Å². The third kappa shape index (κ3) is 3.85. The SMILES string of the molecule is CC(=O)Nc1cccc(CNC(=O)[C@H](C)n2cnc3ccccc32)c1. The zero-order chi connectivity index (χ0) is 17.8. The number of amides is 2. The van der Waals surface area contributed by atoms with Gasteiger partial charge in [-0.25, -0.2) is 4.98 Å². The Morgan fingerprint density at radius 3 is 2.76 bits per heavy atom. The van der Waals surface area contributed by atoms with Crippen molar-refractivity contribution in [2.24, 2.45) is 0 Å². The molecule has 128 valence electrons. The van der Waals surface area contributed by atoms with Gasteiger partial charge in [-0.15, -0.1) is 0 Å². The molecule has 0 saturated carbocycles. The molecule has 1 heterocycles. The first-order valence-electron chi connectivity index (χ1n) is 8.10. The summed E-state index contributed by atoms with van der Waals surface area (Å²) in [5, 5.41) is 5.67. The van der Waals surface area contributed by atoms with Gasteiger partial charge in [0.2, 0.25) is 11.8 Å². The molecule has 6 heteroatoms. The summed E-state index contributed by atoms with van der Waals surface area (Å²) in [7, 11) is 0. The summed E-state index contributed by atoms with van der Waals surface area (Å²) in [6, 6.07) is 14.8. The molecule has 1 atom stereocenters. The second kappa shape index (κ2) is 7.17. The number of carbonyl (C=O) groups is 2. The van der Waals surface area contributed by atoms with Crippen molar-refractivity contribution >= 4 is 28.5 Å². The summed E-state index contributed by atoms with van der Waals surface area (Å²) < 4.78 is 1.86. The number of hydrogen-bond acceptors (Lipinski definition) is 3. The third-order valence-electron chi connectivity index (χ3n) is 3.99. The molecule has 0 aliphatic heterocycles. The number of nitrogens with zero attached hydrogens (tertiary/aromatic N) is 2. The van der Waals surface area contributed by atoms with Crippen molar-refractivity contribution in [3.63, 3.8) is 0 Å². The molecule has 0 radical (unpaired) electrons. The standard InChI is InChI=1S/C19H20N4O2/c1-13(23-12-21-17-8-3-4-9-18(17)23)19(25)20-11-15-6-5-7-16(10-15)22-14(2)24/h3-10,12-13H,11H2,1-2H3,(H,20,25)(H,22,24)/t13-/m0/s1. The molecule has 0 aliphatic rings. The van der Waals surface area contributed by atoms with Crippen molar-refractivity contribution in [1.29, 1.82) is 0 Å². The van der Waals surface area contributed by atoms with Crippen molar-refractivity contribution in [3.8, 4) is 0 Å². The minimum atomic E-state index is -0.370. The van der Waals surface area contributed by atoms with Crippen molar-refractivity contribution < 1.29 is 9.59 Å². The molecule has 0 bridgehead atoms. The number of anilines is 1. The van der Waals surface area contributed by atoms with Crippen molar-refractivity contribution in [3.05, 3.63) is 60.4 Å². The van der Waals surface area contributed by atoms with E-state index >= 15 is 0 Å². The Morgan fingerprint density at radius 1 is 1.16 bits per heavy atom. The van der Waals surface area contributed by atoms with Crippen molar-refractivity contribution in [2.75, 3.05) is 5.32 Å². The number of rotatable bonds is 5. The third-order valence-corrected chi connectivity index (χ3v) is 3.99. The number of nitrogens with one attached hydrogen (secondary N) is 2. The van der Waals surface area contributed by atoms with Crippen LogP contribution in [0, 0.1) is 0 Å². The fourth-order valence-electron chi connectivity index (χ4n) is 2.71. The van der Waals surface area contributed by atoms with Gasteiger partial charge in [0.25, 0.3) is 0 Å². The van der Waals surface area contributed by atoms with Crippen LogP contribution in [0.1, 0.15) is 25.5 Å². The van der Waals surface area contributed by atoms with E-state index in [2.05, 4.69) is 15.6 Å². The van der Waals surface area contributed by atoms with Crippen LogP contribution in [0.2, 0.25) is 0 Å². The quantitative estimate of drug-likeness (QED) is 0.752. The first-order chi connectivity index (χ1) is 12.0. The fraction of sp³-hybridized carbons (Fsp3) is 0.211. The molecule has 0 unspecified atom stereocenters. The Balaban J connectivity index is 1.67. The average molecular weight is 336 g/mol. The van der Waals surface area contributed by atoms with Crippen LogP contribution >= 0.6 is 0 Å². The van der Waals surface area contributed by atoms with E-state index in [4.69, 9.17) is 0 Å². The van der Waals surface area contributed by atoms with Crippen LogP contribution in [0.3, 0.4) is 0 Å². The van der Waals surface area contributed by atoms with Crippen LogP contribution in [0.4, 0.5) is 5.69 Å². The molecular formula is C19H20N4O2. The van der Waals surface area contributed by atoms with Gasteiger partial charge in [0.1, 0.15) is 6.04 Å². The zero-order valence-corrected chi connectivity index (χ0v) is 14.2. The number of carbonyl (C=O) groups excluding carboxylic acids is 2. The van der Waals surface area contributed by atoms with E-state index in [0.717, 1.165) is 16.6 Å². The minimum absolute atomic E-state index is 0.0897. The maximum atomic E-state index is 12.5. The summed E-state index contributed by atoms with van der Waals surface area (Å²) in [4.78, 5) is 27.9. The molecule has 1 aromatic heterocycles. The van der Waals surface area contributed by atoms with Crippen LogP contribution in [0.15, 0.2) is 54.9 Å². The van der Waals surface area contributed by atoms with Crippen LogP contribution < -0.4 is 10.6 Å². The highest BCUT2D eigenvalue weighted by atomic mass is 16.2. The number of imidazole rings is 1. The molecular weight excluding hydrogens is 316 g/mol. The van der Waals surface area contributed by atoms with Gasteiger partial charge in [-0.1, -0.05) is 24.3 Å². The number of fused-ring (bicyclic) bond motifs is 1. The first kappa shape index (κ1) is 16.7. The summed E-state index contributed by atoms with van der Waals surface area (Å²) in [5.41, 5.74) is 3.43. The van der Waals surface area contributed by atoms with Crippen molar-refractivity contribution in [1.82, 2.24) is 14.9 Å². The van der Waals surface area contributed by atoms with E-state index in [1.807, 2.05) is 60.0 Å². The molecule has 25 heavy (non-hydrogen) atoms. The average Bonchev–Trinajstić information content (AvgIpc) is 3.03. The number of para-hydroxylation sites is 2. The number of aromatic nitrogens is 2. The zero-order valence-electron chi connectivity index (χ0n) is 14.2. The molecule has 0 aliphatic carbocycles. The molecule has 6 nitrogen and oxygen atoms in total. The highest BCUT2D eigenvalue weighted by Crippen LogP contribution is 2.17. The lowest BCUT2D eigenvalue weighted by Crippen LogP contribution is -2.30. The highest BCUT2D eigenvalue weighted by molar-refractivity contribution is 5.88. The van der Waals surface area contributed by atoms with E-state index in [-0.39, 0.29) is 17.9 Å². The van der Waals surface area contributed by atoms with Gasteiger partial charge in [-0.2, -0.15) is 0 Å². The van der Waals surface area contributed by atoms with Gasteiger partial charge < -0.3 is 15.2 Å². The van der Waals surface area contributed by atoms with Crippen LogP contribution in [0.5, 0.6) is 0 Å². The van der Waals surface area contributed by atoms with Crippen LogP contribution in [0.25, 0.3) is 11.0 Å². The van der Waals surface area contributed by atoms with Gasteiger partial charge in [0, 0.05) is 19.2 Å². The molecule has 2 aromatic carbocycles. The van der Waals surface area contributed by atoms with Crippen molar-refractivity contribution in [2.45, 2.75) is 26.4 Å². The Kier molecular flexibility index (Phi) is 4.79. The van der Waals surface area contributed by atoms with Crippen LogP contribution in [-0.2, 0) is 16.1 Å². The van der Waals surface area contributed by atoms with E-state index in [9.17, 15) is 9.59 Å². The normalized spacial score (nSPS) is 11.9. The molecule has 3 rings (SSSR count). The summed E-state index contributed by atoms with van der Waals surface area (Å²) in [6.45, 7) is 3.70. The van der Waals surface area contributed by atoms with Gasteiger partial charge in [-0.05, 0) is 36.8 Å². The van der Waals surface area contributed by atoms with Gasteiger partial charge in [0.15, 0.2) is 0 Å². The first-order valence-corrected chi connectivity index (χ1v) is 8.10. The highest BCUT2D eigenvalue weighted by Gasteiger charge is 2.16. The molecule has 3 aromatic rings. The molecule has 0 fully saturated rings. The monoisotopic (exact) mass is 336 g/mol. The number of hydrogen-bond donors (Lipinski definition) is 2. The Labute approximate surface area is 145 Å². The largest absolute Gasteiger partial charge is 0.350 e. The maximum Gasteiger partial charge on any atom is 0.243 e. The van der Waals surface area contributed by atoms with E-state index in [1.165, 1.54) is 6.92 Å². The molecule has 0 saturated heterocycles. The molecule has 2 N–H and O–H groups in total. The topological polar surface area (TPSA) is 76.0 Å². The van der Waals surface area contributed by atoms with Gasteiger partial charge in [-0.3, -0.25) is 9.59 Å². The maximum absolute atomic E-state index is 12.5. The molecule has 2 amide bonds. The minimum Gasteiger partial charge on any atom is -0.350 e. The molecule has 0 spiro atoms. The Hall–Kier alpha value is -3.15. The van der Waals surface area contributed by atoms with E-state index < -0.39 is 0 Å². The number of benzene rings is 2. The Morgan fingerprint density at radius 2 is 1.96 bits per heavy atom. The smallest absolute Gasteiger partial charge is 0.243 e. The second-order valence-corrected chi connectivity index (χ2v) is 5.92. The lowest BCUT2D eigenvalue weighted by atomic mass is 10.2. The van der Waals surface area contributed by atoms with Crippen LogP contribution in [-0.4, -0.2) is 21.4 Å². The predicted molar refractivity (Wildman–Crippen MR) is 97.0 cm³/mol. The van der Waals surface area contributed by atoms with E-state index in [0.29, 0.717) is 12.2 Å². The Bertz CT molecular complexity index is 916. The lowest BCUT2D eigenvalue weighted by molar-refractivity contribution is -0.124. The fourth-order valence-corrected chi connectivity index (χ4v) is 2.71. The lowest BCUT2D eigenvalue weighted by Gasteiger charge is -2.15. The summed E-state index contributed by atoms with van der Waals surface area (Å²) >= 11 is 0.